The normalized spacial score (nSPS) is 21.1. The summed E-state index contributed by atoms with van der Waals surface area (Å²) in [4.78, 5) is 0. The molecular formula is C11H14INO. The van der Waals surface area contributed by atoms with Gasteiger partial charge >= 0.3 is 0 Å². The van der Waals surface area contributed by atoms with Crippen molar-refractivity contribution in [1.82, 2.24) is 0 Å². The molecule has 1 N–H and O–H groups in total. The maximum atomic E-state index is 5.53. The number of halogens is 1. The van der Waals surface area contributed by atoms with Gasteiger partial charge in [0.05, 0.1) is 6.10 Å². The van der Waals surface area contributed by atoms with E-state index >= 15 is 0 Å². The summed E-state index contributed by atoms with van der Waals surface area (Å²) in [6.45, 7) is 1.86. The third kappa shape index (κ3) is 2.85. The van der Waals surface area contributed by atoms with E-state index < -0.39 is 0 Å². The van der Waals surface area contributed by atoms with Crippen molar-refractivity contribution < 1.29 is 4.74 Å². The lowest BCUT2D eigenvalue weighted by Crippen LogP contribution is -2.18. The van der Waals surface area contributed by atoms with Gasteiger partial charge in [-0.25, -0.2) is 0 Å². The van der Waals surface area contributed by atoms with E-state index in [4.69, 9.17) is 4.74 Å². The van der Waals surface area contributed by atoms with Crippen molar-refractivity contribution in [2.45, 2.75) is 18.9 Å². The van der Waals surface area contributed by atoms with Crippen LogP contribution < -0.4 is 5.32 Å². The number of ether oxygens (including phenoxy) is 1. The molecule has 1 aromatic carbocycles. The second kappa shape index (κ2) is 4.98. The lowest BCUT2D eigenvalue weighted by Gasteiger charge is -2.11. The minimum Gasteiger partial charge on any atom is -0.382 e. The van der Waals surface area contributed by atoms with Gasteiger partial charge in [-0.05, 0) is 59.7 Å². The fraction of sp³-hybridized carbons (Fsp3) is 0.455. The molecule has 0 saturated carbocycles. The van der Waals surface area contributed by atoms with Crippen LogP contribution in [-0.2, 0) is 4.74 Å². The Morgan fingerprint density at radius 1 is 1.36 bits per heavy atom. The van der Waals surface area contributed by atoms with Crippen molar-refractivity contribution in [2.75, 3.05) is 18.5 Å². The van der Waals surface area contributed by atoms with E-state index in [0.29, 0.717) is 6.10 Å². The van der Waals surface area contributed by atoms with Crippen LogP contribution in [0.2, 0.25) is 0 Å². The highest BCUT2D eigenvalue weighted by Gasteiger charge is 2.14. The van der Waals surface area contributed by atoms with E-state index in [9.17, 15) is 0 Å². The van der Waals surface area contributed by atoms with E-state index in [-0.39, 0.29) is 0 Å². The van der Waals surface area contributed by atoms with Crippen LogP contribution in [0.15, 0.2) is 24.3 Å². The number of anilines is 1. The van der Waals surface area contributed by atoms with Crippen molar-refractivity contribution in [3.05, 3.63) is 27.8 Å². The maximum Gasteiger partial charge on any atom is 0.0748 e. The monoisotopic (exact) mass is 303 g/mol. The highest BCUT2D eigenvalue weighted by atomic mass is 127. The van der Waals surface area contributed by atoms with Crippen LogP contribution in [0.3, 0.4) is 0 Å². The van der Waals surface area contributed by atoms with Gasteiger partial charge in [-0.15, -0.1) is 0 Å². The highest BCUT2D eigenvalue weighted by molar-refractivity contribution is 14.1. The van der Waals surface area contributed by atoms with Crippen molar-refractivity contribution in [1.29, 1.82) is 0 Å². The molecule has 0 bridgehead atoms. The van der Waals surface area contributed by atoms with Crippen molar-refractivity contribution in [2.24, 2.45) is 0 Å². The zero-order valence-electron chi connectivity index (χ0n) is 8.00. The molecule has 0 spiro atoms. The summed E-state index contributed by atoms with van der Waals surface area (Å²) < 4.78 is 6.80. The van der Waals surface area contributed by atoms with Gasteiger partial charge in [0, 0.05) is 22.4 Å². The zero-order valence-corrected chi connectivity index (χ0v) is 10.2. The van der Waals surface area contributed by atoms with Crippen LogP contribution in [0.25, 0.3) is 0 Å². The minimum atomic E-state index is 0.411. The van der Waals surface area contributed by atoms with E-state index in [1.165, 1.54) is 22.1 Å². The largest absolute Gasteiger partial charge is 0.382 e. The summed E-state index contributed by atoms with van der Waals surface area (Å²) in [5.41, 5.74) is 1.18. The van der Waals surface area contributed by atoms with Crippen LogP contribution >= 0.6 is 22.6 Å². The van der Waals surface area contributed by atoms with Gasteiger partial charge in [-0.2, -0.15) is 0 Å². The van der Waals surface area contributed by atoms with E-state index in [1.54, 1.807) is 0 Å². The Kier molecular flexibility index (Phi) is 3.64. The minimum absolute atomic E-state index is 0.411. The third-order valence-electron chi connectivity index (χ3n) is 2.40. The molecular weight excluding hydrogens is 289 g/mol. The zero-order chi connectivity index (χ0) is 9.80. The van der Waals surface area contributed by atoms with Gasteiger partial charge in [-0.3, -0.25) is 0 Å². The Hall–Kier alpha value is -0.290. The Morgan fingerprint density at radius 3 is 2.79 bits per heavy atom. The molecule has 1 heterocycles. The number of rotatable bonds is 3. The first-order valence-corrected chi connectivity index (χ1v) is 6.03. The third-order valence-corrected chi connectivity index (χ3v) is 3.12. The molecule has 1 aliphatic heterocycles. The molecule has 1 fully saturated rings. The van der Waals surface area contributed by atoms with Gasteiger partial charge in [0.25, 0.3) is 0 Å². The molecule has 0 radical (unpaired) electrons. The molecule has 2 rings (SSSR count). The first kappa shape index (κ1) is 10.2. The topological polar surface area (TPSA) is 21.3 Å². The van der Waals surface area contributed by atoms with Crippen molar-refractivity contribution in [3.8, 4) is 0 Å². The number of hydrogen-bond donors (Lipinski definition) is 1. The second-order valence-electron chi connectivity index (χ2n) is 3.52. The summed E-state index contributed by atoms with van der Waals surface area (Å²) in [6, 6.07) is 8.43. The molecule has 0 aliphatic carbocycles. The Morgan fingerprint density at radius 2 is 2.14 bits per heavy atom. The average Bonchev–Trinajstić information content (AvgIpc) is 2.70. The highest BCUT2D eigenvalue weighted by Crippen LogP contribution is 2.15. The SMILES string of the molecule is Ic1ccc(NCC2CCCO2)cc1. The van der Waals surface area contributed by atoms with Crippen LogP contribution in [-0.4, -0.2) is 19.3 Å². The molecule has 0 aromatic heterocycles. The van der Waals surface area contributed by atoms with Crippen LogP contribution in [0.4, 0.5) is 5.69 Å². The Balaban J connectivity index is 1.82. The maximum absolute atomic E-state index is 5.53. The number of benzene rings is 1. The summed E-state index contributed by atoms with van der Waals surface area (Å²) in [6.07, 6.45) is 2.81. The van der Waals surface area contributed by atoms with E-state index in [2.05, 4.69) is 52.2 Å². The van der Waals surface area contributed by atoms with Crippen LogP contribution in [0, 0.1) is 3.57 Å². The fourth-order valence-corrected chi connectivity index (χ4v) is 1.96. The first-order chi connectivity index (χ1) is 6.84. The van der Waals surface area contributed by atoms with Gasteiger partial charge in [0.1, 0.15) is 0 Å². The van der Waals surface area contributed by atoms with E-state index in [0.717, 1.165) is 13.2 Å². The number of nitrogens with one attached hydrogen (secondary N) is 1. The smallest absolute Gasteiger partial charge is 0.0748 e. The summed E-state index contributed by atoms with van der Waals surface area (Å²) >= 11 is 2.31. The molecule has 1 aromatic rings. The Bertz CT molecular complexity index is 280. The van der Waals surface area contributed by atoms with Crippen molar-refractivity contribution in [3.63, 3.8) is 0 Å². The van der Waals surface area contributed by atoms with E-state index in [1.807, 2.05) is 0 Å². The van der Waals surface area contributed by atoms with Gasteiger partial charge in [-0.1, -0.05) is 0 Å². The molecule has 76 valence electrons. The first-order valence-electron chi connectivity index (χ1n) is 4.95. The molecule has 3 heteroatoms. The molecule has 1 unspecified atom stereocenters. The number of hydrogen-bond acceptors (Lipinski definition) is 2. The standard InChI is InChI=1S/C11H14INO/c12-9-3-5-10(6-4-9)13-8-11-2-1-7-14-11/h3-6,11,13H,1-2,7-8H2. The van der Waals surface area contributed by atoms with Gasteiger partial charge in [0.15, 0.2) is 0 Å². The summed E-state index contributed by atoms with van der Waals surface area (Å²) in [5.74, 6) is 0. The van der Waals surface area contributed by atoms with Gasteiger partial charge < -0.3 is 10.1 Å². The molecule has 0 amide bonds. The quantitative estimate of drug-likeness (QED) is 0.867. The second-order valence-corrected chi connectivity index (χ2v) is 4.77. The van der Waals surface area contributed by atoms with Crippen LogP contribution in [0.1, 0.15) is 12.8 Å². The van der Waals surface area contributed by atoms with Crippen molar-refractivity contribution >= 4 is 28.3 Å². The lowest BCUT2D eigenvalue weighted by molar-refractivity contribution is 0.120. The fourth-order valence-electron chi connectivity index (χ4n) is 1.60. The Labute approximate surface area is 98.2 Å². The molecule has 2 nitrogen and oxygen atoms in total. The molecule has 1 atom stereocenters. The van der Waals surface area contributed by atoms with Gasteiger partial charge in [0.2, 0.25) is 0 Å². The predicted molar refractivity (Wildman–Crippen MR) is 66.6 cm³/mol. The lowest BCUT2D eigenvalue weighted by atomic mass is 10.2. The van der Waals surface area contributed by atoms with Crippen LogP contribution in [0.5, 0.6) is 0 Å². The summed E-state index contributed by atoms with van der Waals surface area (Å²) in [5, 5.41) is 3.39. The molecule has 14 heavy (non-hydrogen) atoms. The molecule has 1 aliphatic rings. The average molecular weight is 303 g/mol. The predicted octanol–water partition coefficient (Wildman–Crippen LogP) is 2.88. The molecule has 1 saturated heterocycles. The summed E-state index contributed by atoms with van der Waals surface area (Å²) in [7, 11) is 0.